The molecule has 10 heteroatoms. The predicted molar refractivity (Wildman–Crippen MR) is 102 cm³/mol. The van der Waals surface area contributed by atoms with E-state index in [1.807, 2.05) is 0 Å². The summed E-state index contributed by atoms with van der Waals surface area (Å²) in [5.74, 6) is -0.472. The van der Waals surface area contributed by atoms with Crippen molar-refractivity contribution in [3.63, 3.8) is 0 Å². The highest BCUT2D eigenvalue weighted by Gasteiger charge is 2.22. The van der Waals surface area contributed by atoms with Crippen LogP contribution in [0.2, 0.25) is 0 Å². The number of nitrogens with two attached hydrogens (primary N) is 1. The fourth-order valence-corrected chi connectivity index (χ4v) is 3.27. The first-order chi connectivity index (χ1) is 13.5. The lowest BCUT2D eigenvalue weighted by Crippen LogP contribution is -2.23. The molecule has 2 aromatic heterocycles. The number of nitrogens with one attached hydrogen (secondary N) is 1. The van der Waals surface area contributed by atoms with Crippen LogP contribution in [0.4, 0.5) is 10.1 Å². The smallest absolute Gasteiger partial charge is 0.237 e. The lowest BCUT2D eigenvalue weighted by Gasteiger charge is -2.13. The van der Waals surface area contributed by atoms with E-state index in [-0.39, 0.29) is 24.6 Å². The van der Waals surface area contributed by atoms with Crippen molar-refractivity contribution < 1.29 is 18.4 Å². The van der Waals surface area contributed by atoms with E-state index < -0.39 is 17.0 Å². The number of benzene rings is 1. The lowest BCUT2D eigenvalue weighted by molar-refractivity contribution is -0.118. The quantitative estimate of drug-likeness (QED) is 0.559. The fraction of sp³-hybridized carbons (Fsp3) is 0.222. The number of primary amides is 1. The average molecular weight is 403 g/mol. The van der Waals surface area contributed by atoms with Crippen LogP contribution in [0.25, 0.3) is 11.6 Å². The molecule has 0 radical (unpaired) electrons. The van der Waals surface area contributed by atoms with Crippen molar-refractivity contribution >= 4 is 29.3 Å². The summed E-state index contributed by atoms with van der Waals surface area (Å²) in [4.78, 5) is 23.6. The minimum absolute atomic E-state index is 0.0785. The first-order valence-electron chi connectivity index (χ1n) is 8.43. The number of carbonyl (C=O) groups excluding carboxylic acids is 2. The number of amides is 2. The third-order valence-electron chi connectivity index (χ3n) is 3.82. The number of para-hydroxylation sites is 1. The Morgan fingerprint density at radius 1 is 1.29 bits per heavy atom. The lowest BCUT2D eigenvalue weighted by atomic mass is 10.3. The van der Waals surface area contributed by atoms with Gasteiger partial charge in [-0.3, -0.25) is 14.2 Å². The Balaban J connectivity index is 1.78. The van der Waals surface area contributed by atoms with Gasteiger partial charge in [-0.05, 0) is 31.2 Å². The number of hydrogen-bond acceptors (Lipinski definition) is 6. The van der Waals surface area contributed by atoms with Crippen LogP contribution in [0.3, 0.4) is 0 Å². The van der Waals surface area contributed by atoms with E-state index in [0.717, 1.165) is 11.8 Å². The van der Waals surface area contributed by atoms with Gasteiger partial charge in [0.25, 0.3) is 0 Å². The maximum absolute atomic E-state index is 13.7. The Labute approximate surface area is 164 Å². The minimum Gasteiger partial charge on any atom is -0.461 e. The molecule has 0 bridgehead atoms. The van der Waals surface area contributed by atoms with Crippen LogP contribution < -0.4 is 11.1 Å². The topological polar surface area (TPSA) is 116 Å². The van der Waals surface area contributed by atoms with Crippen LogP contribution in [-0.4, -0.2) is 31.8 Å². The molecule has 8 nitrogen and oxygen atoms in total. The van der Waals surface area contributed by atoms with Gasteiger partial charge >= 0.3 is 0 Å². The number of furan rings is 1. The molecule has 2 amide bonds. The molecule has 0 saturated carbocycles. The Kier molecular flexibility index (Phi) is 6.09. The number of hydrogen-bond donors (Lipinski definition) is 2. The zero-order chi connectivity index (χ0) is 20.1. The van der Waals surface area contributed by atoms with Gasteiger partial charge in [-0.1, -0.05) is 23.9 Å². The molecule has 1 atom stereocenters. The Bertz CT molecular complexity index is 974. The highest BCUT2D eigenvalue weighted by molar-refractivity contribution is 8.00. The first kappa shape index (κ1) is 19.6. The molecule has 0 aliphatic carbocycles. The summed E-state index contributed by atoms with van der Waals surface area (Å²) in [6.07, 6.45) is 1.58. The molecule has 0 aliphatic heterocycles. The minimum atomic E-state index is -0.597. The molecule has 146 valence electrons. The van der Waals surface area contributed by atoms with Crippen LogP contribution >= 0.6 is 11.8 Å². The van der Waals surface area contributed by atoms with Crippen molar-refractivity contribution in [2.45, 2.75) is 30.3 Å². The van der Waals surface area contributed by atoms with Gasteiger partial charge in [-0.25, -0.2) is 4.39 Å². The van der Waals surface area contributed by atoms with E-state index in [2.05, 4.69) is 15.5 Å². The number of nitrogens with zero attached hydrogens (tertiary/aromatic N) is 3. The van der Waals surface area contributed by atoms with Crippen LogP contribution in [0.15, 0.2) is 52.2 Å². The molecular weight excluding hydrogens is 385 g/mol. The SMILES string of the molecule is CC(Sc1nnc(-c2ccco2)n1CCC(N)=O)C(=O)Nc1ccccc1F. The molecule has 0 spiro atoms. The molecule has 0 fully saturated rings. The highest BCUT2D eigenvalue weighted by Crippen LogP contribution is 2.28. The van der Waals surface area contributed by atoms with E-state index in [0.29, 0.717) is 16.7 Å². The summed E-state index contributed by atoms with van der Waals surface area (Å²) >= 11 is 1.13. The van der Waals surface area contributed by atoms with E-state index in [1.54, 1.807) is 35.8 Å². The van der Waals surface area contributed by atoms with Gasteiger partial charge in [0.1, 0.15) is 5.82 Å². The van der Waals surface area contributed by atoms with Crippen molar-refractivity contribution in [3.8, 4) is 11.6 Å². The number of halogens is 1. The van der Waals surface area contributed by atoms with Gasteiger partial charge in [0.2, 0.25) is 11.8 Å². The van der Waals surface area contributed by atoms with Gasteiger partial charge in [0, 0.05) is 13.0 Å². The summed E-state index contributed by atoms with van der Waals surface area (Å²) in [6, 6.07) is 9.35. The number of carbonyl (C=O) groups is 2. The van der Waals surface area contributed by atoms with Gasteiger partial charge in [0.05, 0.1) is 17.2 Å². The maximum Gasteiger partial charge on any atom is 0.237 e. The normalized spacial score (nSPS) is 11.9. The van der Waals surface area contributed by atoms with E-state index >= 15 is 0 Å². The molecule has 1 aromatic carbocycles. The number of anilines is 1. The average Bonchev–Trinajstić information content (AvgIpc) is 3.31. The maximum atomic E-state index is 13.7. The zero-order valence-electron chi connectivity index (χ0n) is 15.0. The van der Waals surface area contributed by atoms with Crippen LogP contribution in [0.1, 0.15) is 13.3 Å². The molecule has 2 heterocycles. The third kappa shape index (κ3) is 4.58. The summed E-state index contributed by atoms with van der Waals surface area (Å²) in [5.41, 5.74) is 5.36. The van der Waals surface area contributed by atoms with Crippen molar-refractivity contribution in [3.05, 3.63) is 48.5 Å². The second-order valence-corrected chi connectivity index (χ2v) is 7.19. The molecular formula is C18H18FN5O3S. The summed E-state index contributed by atoms with van der Waals surface area (Å²) < 4.78 is 20.8. The summed E-state index contributed by atoms with van der Waals surface area (Å²) in [6.45, 7) is 1.91. The number of thioether (sulfide) groups is 1. The Hall–Kier alpha value is -3.14. The molecule has 0 aliphatic rings. The van der Waals surface area contributed by atoms with Crippen molar-refractivity contribution in [1.29, 1.82) is 0 Å². The molecule has 3 N–H and O–H groups in total. The number of aromatic nitrogens is 3. The Morgan fingerprint density at radius 2 is 2.07 bits per heavy atom. The van der Waals surface area contributed by atoms with Crippen molar-refractivity contribution in [2.24, 2.45) is 5.73 Å². The molecule has 0 saturated heterocycles. The highest BCUT2D eigenvalue weighted by atomic mass is 32.2. The Morgan fingerprint density at radius 3 is 2.75 bits per heavy atom. The van der Waals surface area contributed by atoms with Crippen LogP contribution in [0.5, 0.6) is 0 Å². The monoisotopic (exact) mass is 403 g/mol. The fourth-order valence-electron chi connectivity index (χ4n) is 2.40. The predicted octanol–water partition coefficient (Wildman–Crippen LogP) is 2.67. The second-order valence-electron chi connectivity index (χ2n) is 5.88. The van der Waals surface area contributed by atoms with E-state index in [1.165, 1.54) is 18.4 Å². The van der Waals surface area contributed by atoms with Crippen LogP contribution in [0, 0.1) is 5.82 Å². The molecule has 3 aromatic rings. The van der Waals surface area contributed by atoms with Gasteiger partial charge in [-0.2, -0.15) is 0 Å². The molecule has 1 unspecified atom stereocenters. The molecule has 28 heavy (non-hydrogen) atoms. The number of rotatable bonds is 8. The van der Waals surface area contributed by atoms with Gasteiger partial charge < -0.3 is 15.5 Å². The second kappa shape index (κ2) is 8.70. The largest absolute Gasteiger partial charge is 0.461 e. The van der Waals surface area contributed by atoms with Crippen molar-refractivity contribution in [2.75, 3.05) is 5.32 Å². The summed E-state index contributed by atoms with van der Waals surface area (Å²) in [5, 5.41) is 10.6. The van der Waals surface area contributed by atoms with Crippen LogP contribution in [-0.2, 0) is 16.1 Å². The first-order valence-corrected chi connectivity index (χ1v) is 9.31. The van der Waals surface area contributed by atoms with E-state index in [9.17, 15) is 14.0 Å². The third-order valence-corrected chi connectivity index (χ3v) is 4.90. The van der Waals surface area contributed by atoms with E-state index in [4.69, 9.17) is 10.2 Å². The zero-order valence-corrected chi connectivity index (χ0v) is 15.8. The van der Waals surface area contributed by atoms with Crippen molar-refractivity contribution in [1.82, 2.24) is 14.8 Å². The summed E-state index contributed by atoms with van der Waals surface area (Å²) in [7, 11) is 0. The van der Waals surface area contributed by atoms with Gasteiger partial charge in [-0.15, -0.1) is 10.2 Å². The molecule has 3 rings (SSSR count). The standard InChI is InChI=1S/C18H18FN5O3S/c1-11(17(26)21-13-6-3-2-5-12(13)19)28-18-23-22-16(14-7-4-10-27-14)24(18)9-8-15(20)25/h2-7,10-11H,8-9H2,1H3,(H2,20,25)(H,21,26). The van der Waals surface area contributed by atoms with Gasteiger partial charge in [0.15, 0.2) is 16.7 Å².